The Kier molecular flexibility index (Phi) is 6.21. The van der Waals surface area contributed by atoms with Crippen molar-refractivity contribution >= 4 is 21.8 Å². The molecule has 3 nitrogen and oxygen atoms in total. The quantitative estimate of drug-likeness (QED) is 0.185. The van der Waals surface area contributed by atoms with E-state index in [1.54, 1.807) is 0 Å². The van der Waals surface area contributed by atoms with E-state index in [0.29, 0.717) is 0 Å². The maximum Gasteiger partial charge on any atom is 0.160 e. The molecule has 0 spiro atoms. The molecule has 2 unspecified atom stereocenters. The highest BCUT2D eigenvalue weighted by molar-refractivity contribution is 6.12. The standard InChI is InChI=1S/C50H37N3/c1-49(2)40-22-12-10-20-35(40)38-28-34(43-30-42(31-16-6-4-7-17-31)51-48(52-43)32-18-8-5-9-19-32)27-37(46(38)49)33-26-39-36-21-11-13-23-44(36)53-45-24-14-15-25-50(45,3)41(29-33)47(39)53/h4-30,45H,1-3H3. The highest BCUT2D eigenvalue weighted by atomic mass is 15.1. The van der Waals surface area contributed by atoms with Gasteiger partial charge in [-0.05, 0) is 82.3 Å². The van der Waals surface area contributed by atoms with Gasteiger partial charge in [-0.1, -0.05) is 141 Å². The lowest BCUT2D eigenvalue weighted by atomic mass is 9.73. The Morgan fingerprint density at radius 2 is 1.21 bits per heavy atom. The minimum absolute atomic E-state index is 0.149. The summed E-state index contributed by atoms with van der Waals surface area (Å²) in [7, 11) is 0. The molecule has 3 heterocycles. The average Bonchev–Trinajstić information content (AvgIpc) is 3.77. The summed E-state index contributed by atoms with van der Waals surface area (Å²) in [6.45, 7) is 7.19. The molecule has 2 aliphatic carbocycles. The summed E-state index contributed by atoms with van der Waals surface area (Å²) >= 11 is 0. The van der Waals surface area contributed by atoms with E-state index in [0.717, 1.165) is 33.9 Å². The third kappa shape index (κ3) is 4.22. The predicted molar refractivity (Wildman–Crippen MR) is 219 cm³/mol. The second-order valence-corrected chi connectivity index (χ2v) is 15.6. The second kappa shape index (κ2) is 10.8. The van der Waals surface area contributed by atoms with Gasteiger partial charge in [0.05, 0.1) is 22.9 Å². The molecule has 3 aliphatic rings. The fraction of sp³-hybridized carbons (Fsp3) is 0.120. The fourth-order valence-electron chi connectivity index (χ4n) is 9.68. The van der Waals surface area contributed by atoms with Crippen LogP contribution in [0.5, 0.6) is 0 Å². The van der Waals surface area contributed by atoms with Crippen LogP contribution in [-0.2, 0) is 10.8 Å². The summed E-state index contributed by atoms with van der Waals surface area (Å²) < 4.78 is 2.58. The van der Waals surface area contributed by atoms with E-state index < -0.39 is 0 Å². The normalized spacial score (nSPS) is 18.7. The third-order valence-corrected chi connectivity index (χ3v) is 12.2. The minimum Gasteiger partial charge on any atom is -0.332 e. The number of para-hydroxylation sites is 1. The lowest BCUT2D eigenvalue weighted by Crippen LogP contribution is -2.26. The van der Waals surface area contributed by atoms with Crippen molar-refractivity contribution in [2.75, 3.05) is 0 Å². The average molecular weight is 680 g/mol. The predicted octanol–water partition coefficient (Wildman–Crippen LogP) is 12.5. The van der Waals surface area contributed by atoms with E-state index in [1.807, 2.05) is 6.07 Å². The summed E-state index contributed by atoms with van der Waals surface area (Å²) in [4.78, 5) is 10.4. The molecule has 1 aliphatic heterocycles. The van der Waals surface area contributed by atoms with Crippen LogP contribution < -0.4 is 0 Å². The van der Waals surface area contributed by atoms with E-state index in [9.17, 15) is 0 Å². The van der Waals surface area contributed by atoms with E-state index in [-0.39, 0.29) is 16.9 Å². The van der Waals surface area contributed by atoms with Crippen molar-refractivity contribution in [2.24, 2.45) is 0 Å². The van der Waals surface area contributed by atoms with Crippen LogP contribution >= 0.6 is 0 Å². The zero-order valence-corrected chi connectivity index (χ0v) is 30.0. The number of allylic oxidation sites excluding steroid dienone is 4. The first kappa shape index (κ1) is 30.3. The van der Waals surface area contributed by atoms with Gasteiger partial charge < -0.3 is 4.57 Å². The molecule has 0 radical (unpaired) electrons. The molecule has 53 heavy (non-hydrogen) atoms. The van der Waals surface area contributed by atoms with Crippen molar-refractivity contribution in [3.8, 4) is 56.2 Å². The van der Waals surface area contributed by atoms with Gasteiger partial charge in [-0.15, -0.1) is 0 Å². The molecular weight excluding hydrogens is 643 g/mol. The van der Waals surface area contributed by atoms with Gasteiger partial charge >= 0.3 is 0 Å². The summed E-state index contributed by atoms with van der Waals surface area (Å²) in [5.74, 6) is 0.725. The van der Waals surface area contributed by atoms with E-state index in [2.05, 4.69) is 183 Å². The number of rotatable bonds is 4. The largest absolute Gasteiger partial charge is 0.332 e. The topological polar surface area (TPSA) is 30.7 Å². The Morgan fingerprint density at radius 1 is 0.528 bits per heavy atom. The maximum absolute atomic E-state index is 5.31. The van der Waals surface area contributed by atoms with Crippen LogP contribution in [0.3, 0.4) is 0 Å². The fourth-order valence-corrected chi connectivity index (χ4v) is 9.68. The molecular formula is C50H37N3. The zero-order chi connectivity index (χ0) is 35.5. The van der Waals surface area contributed by atoms with Gasteiger partial charge in [-0.3, -0.25) is 0 Å². The van der Waals surface area contributed by atoms with Crippen LogP contribution in [0.2, 0.25) is 0 Å². The van der Waals surface area contributed by atoms with Gasteiger partial charge in [0.1, 0.15) is 0 Å². The van der Waals surface area contributed by atoms with E-state index >= 15 is 0 Å². The molecule has 0 saturated carbocycles. The maximum atomic E-state index is 5.31. The van der Waals surface area contributed by atoms with Crippen molar-refractivity contribution in [3.63, 3.8) is 0 Å². The molecule has 11 rings (SSSR count). The van der Waals surface area contributed by atoms with Gasteiger partial charge in [0.25, 0.3) is 0 Å². The highest BCUT2D eigenvalue weighted by Gasteiger charge is 2.45. The Morgan fingerprint density at radius 3 is 2.02 bits per heavy atom. The van der Waals surface area contributed by atoms with Crippen LogP contribution in [0.1, 0.15) is 43.5 Å². The molecule has 0 N–H and O–H groups in total. The van der Waals surface area contributed by atoms with Crippen LogP contribution in [0, 0.1) is 0 Å². The molecule has 0 fully saturated rings. The van der Waals surface area contributed by atoms with Crippen molar-refractivity contribution in [3.05, 3.63) is 181 Å². The van der Waals surface area contributed by atoms with Crippen LogP contribution in [0.4, 0.5) is 0 Å². The molecule has 0 saturated heterocycles. The SMILES string of the molecule is CC1(C)c2ccccc2-c2cc(-c3cc(-c4ccccc4)nc(-c4ccccc4)n3)cc(-c3cc4c5c(c3)c3ccccc3n5C3C=CC=CC43C)c21. The summed E-state index contributed by atoms with van der Waals surface area (Å²) in [5, 5.41) is 2.62. The van der Waals surface area contributed by atoms with Crippen molar-refractivity contribution in [1.82, 2.24) is 14.5 Å². The summed E-state index contributed by atoms with van der Waals surface area (Å²) in [6, 6.07) is 50.9. The van der Waals surface area contributed by atoms with Gasteiger partial charge in [0.15, 0.2) is 5.82 Å². The number of hydrogen-bond acceptors (Lipinski definition) is 2. The molecule has 0 bridgehead atoms. The number of fused-ring (bicyclic) bond motifs is 9. The Labute approximate surface area is 309 Å². The Bertz CT molecular complexity index is 2820. The number of hydrogen-bond donors (Lipinski definition) is 0. The number of aromatic nitrogens is 3. The molecule has 3 heteroatoms. The first-order valence-corrected chi connectivity index (χ1v) is 18.6. The molecule has 8 aromatic rings. The molecule has 0 amide bonds. The molecule has 252 valence electrons. The summed E-state index contributed by atoms with van der Waals surface area (Å²) in [5.41, 5.74) is 16.5. The molecule has 2 aromatic heterocycles. The lowest BCUT2D eigenvalue weighted by molar-refractivity contribution is 0.465. The highest BCUT2D eigenvalue weighted by Crippen LogP contribution is 2.57. The first-order chi connectivity index (χ1) is 25.9. The van der Waals surface area contributed by atoms with Crippen molar-refractivity contribution in [2.45, 2.75) is 37.6 Å². The van der Waals surface area contributed by atoms with E-state index in [4.69, 9.17) is 9.97 Å². The van der Waals surface area contributed by atoms with E-state index in [1.165, 1.54) is 60.8 Å². The monoisotopic (exact) mass is 679 g/mol. The van der Waals surface area contributed by atoms with Crippen molar-refractivity contribution < 1.29 is 0 Å². The Balaban J connectivity index is 1.22. The molecule has 2 atom stereocenters. The zero-order valence-electron chi connectivity index (χ0n) is 30.0. The van der Waals surface area contributed by atoms with Crippen molar-refractivity contribution in [1.29, 1.82) is 0 Å². The van der Waals surface area contributed by atoms with Gasteiger partial charge in [-0.25, -0.2) is 9.97 Å². The molecule has 6 aromatic carbocycles. The number of nitrogens with zero attached hydrogens (tertiary/aromatic N) is 3. The first-order valence-electron chi connectivity index (χ1n) is 18.6. The second-order valence-electron chi connectivity index (χ2n) is 15.6. The minimum atomic E-state index is -0.195. The smallest absolute Gasteiger partial charge is 0.160 e. The lowest BCUT2D eigenvalue weighted by Gasteiger charge is -2.31. The third-order valence-electron chi connectivity index (χ3n) is 12.2. The van der Waals surface area contributed by atoms with Gasteiger partial charge in [-0.2, -0.15) is 0 Å². The van der Waals surface area contributed by atoms with Crippen LogP contribution in [0.25, 0.3) is 78.0 Å². The number of benzene rings is 6. The van der Waals surface area contributed by atoms with Gasteiger partial charge in [0.2, 0.25) is 0 Å². The van der Waals surface area contributed by atoms with Crippen LogP contribution in [-0.4, -0.2) is 14.5 Å². The van der Waals surface area contributed by atoms with Crippen LogP contribution in [0.15, 0.2) is 164 Å². The Hall–Kier alpha value is -6.32. The summed E-state index contributed by atoms with van der Waals surface area (Å²) in [6.07, 6.45) is 9.24. The van der Waals surface area contributed by atoms with Gasteiger partial charge in [0, 0.05) is 43.8 Å².